The number of aryl methyl sites for hydroxylation is 1. The van der Waals surface area contributed by atoms with E-state index in [1.54, 1.807) is 24.0 Å². The molecule has 0 bridgehead atoms. The number of rotatable bonds is 5. The van der Waals surface area contributed by atoms with E-state index in [2.05, 4.69) is 20.1 Å². The zero-order valence-corrected chi connectivity index (χ0v) is 16.9. The van der Waals surface area contributed by atoms with Crippen molar-refractivity contribution in [3.63, 3.8) is 0 Å². The topological polar surface area (TPSA) is 114 Å². The maximum Gasteiger partial charge on any atom is 0.287 e. The lowest BCUT2D eigenvalue weighted by atomic mass is 9.93. The molecule has 3 aromatic rings. The number of nitrogens with zero attached hydrogens (tertiary/aromatic N) is 4. The number of hydrogen-bond donors (Lipinski definition) is 1. The minimum atomic E-state index is -0.656. The molecule has 4 heterocycles. The summed E-state index contributed by atoms with van der Waals surface area (Å²) in [5, 5.41) is 10.9. The maximum atomic E-state index is 12.9. The van der Waals surface area contributed by atoms with E-state index in [0.717, 1.165) is 29.1 Å². The molecule has 1 saturated heterocycles. The van der Waals surface area contributed by atoms with Crippen LogP contribution in [-0.2, 0) is 4.79 Å². The van der Waals surface area contributed by atoms with Gasteiger partial charge in [-0.25, -0.2) is 0 Å². The van der Waals surface area contributed by atoms with Crippen LogP contribution in [0, 0.1) is 6.92 Å². The average molecular weight is 415 g/mol. The van der Waals surface area contributed by atoms with Gasteiger partial charge < -0.3 is 19.2 Å². The van der Waals surface area contributed by atoms with Crippen molar-refractivity contribution in [2.75, 3.05) is 13.1 Å². The van der Waals surface area contributed by atoms with Gasteiger partial charge in [-0.2, -0.15) is 0 Å². The summed E-state index contributed by atoms with van der Waals surface area (Å²) in [6.07, 6.45) is 3.18. The number of hydrogen-bond acceptors (Lipinski definition) is 8. The van der Waals surface area contributed by atoms with Gasteiger partial charge in [0.15, 0.2) is 11.5 Å². The summed E-state index contributed by atoms with van der Waals surface area (Å²) >= 11 is 1.27. The van der Waals surface area contributed by atoms with Crippen LogP contribution in [0.1, 0.15) is 47.6 Å². The number of carbonyl (C=O) groups excluding carboxylic acids is 2. The number of nitrogens with one attached hydrogen (secondary N) is 1. The molecule has 1 aliphatic rings. The molecule has 0 spiro atoms. The fourth-order valence-electron chi connectivity index (χ4n) is 3.52. The van der Waals surface area contributed by atoms with Gasteiger partial charge in [0, 0.05) is 25.1 Å². The number of aromatic nitrogens is 3. The van der Waals surface area contributed by atoms with Crippen LogP contribution in [0.2, 0.25) is 0 Å². The van der Waals surface area contributed by atoms with E-state index in [0.29, 0.717) is 18.8 Å². The lowest BCUT2D eigenvalue weighted by molar-refractivity contribution is -0.134. The lowest BCUT2D eigenvalue weighted by Crippen LogP contribution is -2.49. The van der Waals surface area contributed by atoms with Gasteiger partial charge in [0.2, 0.25) is 5.91 Å². The molecule has 0 aromatic carbocycles. The lowest BCUT2D eigenvalue weighted by Gasteiger charge is -2.33. The Balaban J connectivity index is 1.44. The van der Waals surface area contributed by atoms with Crippen molar-refractivity contribution in [3.8, 4) is 10.6 Å². The highest BCUT2D eigenvalue weighted by Gasteiger charge is 2.32. The third kappa shape index (κ3) is 4.07. The summed E-state index contributed by atoms with van der Waals surface area (Å²) in [5.41, 5.74) is 1.62. The van der Waals surface area contributed by atoms with Gasteiger partial charge in [-0.05, 0) is 50.4 Å². The SMILES string of the molecule is Cc1cc(-c2snnc2[C@H]2CCCN(C(=O)[C@@H](C)NC(=O)c3ccco3)C2)on1. The first-order valence-corrected chi connectivity index (χ1v) is 10.2. The van der Waals surface area contributed by atoms with Crippen LogP contribution < -0.4 is 5.32 Å². The third-order valence-corrected chi connectivity index (χ3v) is 5.70. The molecule has 1 N–H and O–H groups in total. The molecule has 10 heteroatoms. The zero-order valence-electron chi connectivity index (χ0n) is 16.1. The van der Waals surface area contributed by atoms with Crippen LogP contribution in [0.15, 0.2) is 33.4 Å². The van der Waals surface area contributed by atoms with Gasteiger partial charge >= 0.3 is 0 Å². The van der Waals surface area contributed by atoms with Gasteiger partial charge in [-0.1, -0.05) is 9.64 Å². The van der Waals surface area contributed by atoms with Gasteiger partial charge in [0.1, 0.15) is 10.9 Å². The second-order valence-electron chi connectivity index (χ2n) is 7.12. The largest absolute Gasteiger partial charge is 0.459 e. The molecular weight excluding hydrogens is 394 g/mol. The minimum Gasteiger partial charge on any atom is -0.459 e. The summed E-state index contributed by atoms with van der Waals surface area (Å²) < 4.78 is 14.5. The number of likely N-dealkylation sites (tertiary alicyclic amines) is 1. The number of furan rings is 1. The Hall–Kier alpha value is -3.01. The normalized spacial score (nSPS) is 17.9. The molecule has 1 fully saturated rings. The molecule has 0 unspecified atom stereocenters. The van der Waals surface area contributed by atoms with Crippen LogP contribution in [0.5, 0.6) is 0 Å². The molecular formula is C19H21N5O4S. The van der Waals surface area contributed by atoms with Crippen molar-refractivity contribution in [1.29, 1.82) is 0 Å². The molecule has 0 radical (unpaired) electrons. The smallest absolute Gasteiger partial charge is 0.287 e. The van der Waals surface area contributed by atoms with Crippen molar-refractivity contribution >= 4 is 23.3 Å². The third-order valence-electron chi connectivity index (χ3n) is 4.95. The fourth-order valence-corrected chi connectivity index (χ4v) is 4.22. The maximum absolute atomic E-state index is 12.9. The van der Waals surface area contributed by atoms with Crippen LogP contribution in [0.4, 0.5) is 0 Å². The molecule has 1 aliphatic heterocycles. The van der Waals surface area contributed by atoms with E-state index in [1.165, 1.54) is 17.8 Å². The summed E-state index contributed by atoms with van der Waals surface area (Å²) in [6, 6.07) is 4.39. The predicted molar refractivity (Wildman–Crippen MR) is 104 cm³/mol. The second-order valence-corrected chi connectivity index (χ2v) is 7.87. The average Bonchev–Trinajstić information content (AvgIpc) is 3.48. The standard InChI is InChI=1S/C19H21N5O4S/c1-11-9-15(28-22-11)17-16(21-23-29-17)13-5-3-7-24(10-13)19(26)12(2)20-18(25)14-6-4-8-27-14/h4,6,8-9,12-13H,3,5,7,10H2,1-2H3,(H,20,25)/t12-,13+/m1/s1. The minimum absolute atomic E-state index is 0.0554. The van der Waals surface area contributed by atoms with E-state index >= 15 is 0 Å². The zero-order chi connectivity index (χ0) is 20.4. The molecule has 9 nitrogen and oxygen atoms in total. The fraction of sp³-hybridized carbons (Fsp3) is 0.421. The summed E-state index contributed by atoms with van der Waals surface area (Å²) in [4.78, 5) is 27.7. The first-order valence-electron chi connectivity index (χ1n) is 9.42. The summed E-state index contributed by atoms with van der Waals surface area (Å²) in [5.74, 6) is 0.350. The van der Waals surface area contributed by atoms with Gasteiger partial charge in [0.05, 0.1) is 17.7 Å². The predicted octanol–water partition coefficient (Wildman–Crippen LogP) is 2.62. The van der Waals surface area contributed by atoms with Crippen molar-refractivity contribution in [3.05, 3.63) is 41.6 Å². The van der Waals surface area contributed by atoms with Crippen LogP contribution in [0.3, 0.4) is 0 Å². The number of carbonyl (C=O) groups is 2. The summed E-state index contributed by atoms with van der Waals surface area (Å²) in [6.45, 7) is 4.70. The van der Waals surface area contributed by atoms with E-state index in [4.69, 9.17) is 8.94 Å². The quantitative estimate of drug-likeness (QED) is 0.681. The first-order chi connectivity index (χ1) is 14.0. The Morgan fingerprint density at radius 2 is 2.28 bits per heavy atom. The van der Waals surface area contributed by atoms with Gasteiger partial charge in [0.25, 0.3) is 5.91 Å². The van der Waals surface area contributed by atoms with E-state index in [1.807, 2.05) is 13.0 Å². The molecule has 2 atom stereocenters. The van der Waals surface area contributed by atoms with Crippen molar-refractivity contribution in [2.24, 2.45) is 0 Å². The Morgan fingerprint density at radius 1 is 1.41 bits per heavy atom. The number of piperidine rings is 1. The molecule has 0 aliphatic carbocycles. The molecule has 152 valence electrons. The Kier molecular flexibility index (Phi) is 5.43. The van der Waals surface area contributed by atoms with Crippen molar-refractivity contribution < 1.29 is 18.5 Å². The Morgan fingerprint density at radius 3 is 3.00 bits per heavy atom. The number of amides is 2. The van der Waals surface area contributed by atoms with Crippen LogP contribution >= 0.6 is 11.5 Å². The van der Waals surface area contributed by atoms with E-state index in [9.17, 15) is 9.59 Å². The molecule has 29 heavy (non-hydrogen) atoms. The summed E-state index contributed by atoms with van der Waals surface area (Å²) in [7, 11) is 0. The second kappa shape index (κ2) is 8.16. The monoisotopic (exact) mass is 415 g/mol. The van der Waals surface area contributed by atoms with Crippen LogP contribution in [0.25, 0.3) is 10.6 Å². The van der Waals surface area contributed by atoms with E-state index < -0.39 is 11.9 Å². The van der Waals surface area contributed by atoms with Crippen molar-refractivity contribution in [2.45, 2.75) is 38.6 Å². The van der Waals surface area contributed by atoms with Gasteiger partial charge in [-0.15, -0.1) is 5.10 Å². The van der Waals surface area contributed by atoms with E-state index in [-0.39, 0.29) is 17.6 Å². The Bertz CT molecular complexity index is 996. The molecule has 3 aromatic heterocycles. The molecule has 0 saturated carbocycles. The highest BCUT2D eigenvalue weighted by Crippen LogP contribution is 2.35. The van der Waals surface area contributed by atoms with Crippen LogP contribution in [-0.4, -0.2) is 50.6 Å². The van der Waals surface area contributed by atoms with Crippen molar-refractivity contribution in [1.82, 2.24) is 25.0 Å². The highest BCUT2D eigenvalue weighted by atomic mass is 32.1. The highest BCUT2D eigenvalue weighted by molar-refractivity contribution is 7.09. The first kappa shape index (κ1) is 19.3. The molecule has 2 amide bonds. The van der Waals surface area contributed by atoms with Gasteiger partial charge in [-0.3, -0.25) is 9.59 Å². The molecule has 4 rings (SSSR count). The Labute approximate surface area is 171 Å².